The summed E-state index contributed by atoms with van der Waals surface area (Å²) in [5, 5.41) is 2.68. The van der Waals surface area contributed by atoms with Crippen molar-refractivity contribution in [3.8, 4) is 34.5 Å². The van der Waals surface area contributed by atoms with E-state index in [2.05, 4.69) is 5.32 Å². The summed E-state index contributed by atoms with van der Waals surface area (Å²) in [7, 11) is 4.52. The molecular formula is C29H27NO9. The molecule has 10 heteroatoms. The van der Waals surface area contributed by atoms with Crippen LogP contribution in [0.2, 0.25) is 0 Å². The highest BCUT2D eigenvalue weighted by Crippen LogP contribution is 2.52. The lowest BCUT2D eigenvalue weighted by molar-refractivity contribution is -0.141. The van der Waals surface area contributed by atoms with Crippen molar-refractivity contribution in [1.82, 2.24) is 0 Å². The molecule has 0 aromatic heterocycles. The van der Waals surface area contributed by atoms with Crippen molar-refractivity contribution in [1.29, 1.82) is 0 Å². The monoisotopic (exact) mass is 533 g/mol. The van der Waals surface area contributed by atoms with Crippen molar-refractivity contribution in [3.63, 3.8) is 0 Å². The lowest BCUT2D eigenvalue weighted by Crippen LogP contribution is -2.31. The fraction of sp³-hybridized carbons (Fsp3) is 0.310. The van der Waals surface area contributed by atoms with Gasteiger partial charge in [0, 0.05) is 17.5 Å². The van der Waals surface area contributed by atoms with E-state index in [1.54, 1.807) is 43.5 Å². The predicted octanol–water partition coefficient (Wildman–Crippen LogP) is 4.53. The van der Waals surface area contributed by atoms with Crippen LogP contribution in [0.1, 0.15) is 22.6 Å². The first kappa shape index (κ1) is 24.7. The van der Waals surface area contributed by atoms with Gasteiger partial charge in [-0.05, 0) is 71.6 Å². The van der Waals surface area contributed by atoms with E-state index >= 15 is 0 Å². The van der Waals surface area contributed by atoms with Crippen LogP contribution in [0.25, 0.3) is 0 Å². The predicted molar refractivity (Wildman–Crippen MR) is 138 cm³/mol. The molecule has 3 atom stereocenters. The standard InChI is InChI=1S/C29H27NO9/c1-33-19-6-4-18(5-7-19)30-29(32)39-27-23(34-2)10-16(11-24(27)35-3)25-20-12-22-21(37-14-38-22)9-15(20)8-17-13-36-28(31)26(17)25/h4-7,9-12,17,25-26H,8,13-14H2,1-3H3,(H,30,32)/t17-,25+,26-/m0/s1. The summed E-state index contributed by atoms with van der Waals surface area (Å²) in [5.41, 5.74) is 3.31. The number of carbonyl (C=O) groups is 2. The van der Waals surface area contributed by atoms with Crippen molar-refractivity contribution in [2.45, 2.75) is 12.3 Å². The van der Waals surface area contributed by atoms with Crippen molar-refractivity contribution in [3.05, 3.63) is 65.2 Å². The van der Waals surface area contributed by atoms with Crippen LogP contribution in [0.4, 0.5) is 10.5 Å². The quantitative estimate of drug-likeness (QED) is 0.457. The van der Waals surface area contributed by atoms with E-state index in [9.17, 15) is 9.59 Å². The molecule has 0 radical (unpaired) electrons. The molecule has 1 amide bonds. The second-order valence-corrected chi connectivity index (χ2v) is 9.50. The molecule has 39 heavy (non-hydrogen) atoms. The average molecular weight is 534 g/mol. The third-order valence-corrected chi connectivity index (χ3v) is 7.40. The number of nitrogens with one attached hydrogen (secondary N) is 1. The van der Waals surface area contributed by atoms with Gasteiger partial charge in [-0.25, -0.2) is 4.79 Å². The zero-order chi connectivity index (χ0) is 27.1. The van der Waals surface area contributed by atoms with E-state index in [0.29, 0.717) is 36.0 Å². The maximum Gasteiger partial charge on any atom is 0.417 e. The van der Waals surface area contributed by atoms with Crippen molar-refractivity contribution in [2.75, 3.05) is 40.0 Å². The maximum absolute atomic E-state index is 12.9. The van der Waals surface area contributed by atoms with Crippen molar-refractivity contribution in [2.24, 2.45) is 11.8 Å². The first-order chi connectivity index (χ1) is 19.0. The molecule has 3 aromatic carbocycles. The Morgan fingerprint density at radius 3 is 2.26 bits per heavy atom. The van der Waals surface area contributed by atoms with Crippen LogP contribution in [0.3, 0.4) is 0 Å². The largest absolute Gasteiger partial charge is 0.497 e. The van der Waals surface area contributed by atoms with Crippen LogP contribution in [0.15, 0.2) is 48.5 Å². The minimum Gasteiger partial charge on any atom is -0.497 e. The average Bonchev–Trinajstić information content (AvgIpc) is 3.56. The van der Waals surface area contributed by atoms with Crippen LogP contribution in [0.5, 0.6) is 34.5 Å². The second kappa shape index (κ2) is 9.94. The molecule has 6 rings (SSSR count). The topological polar surface area (TPSA) is 111 Å². The number of amides is 1. The van der Waals surface area contributed by atoms with E-state index in [1.807, 2.05) is 12.1 Å². The van der Waals surface area contributed by atoms with Gasteiger partial charge in [0.25, 0.3) is 0 Å². The van der Waals surface area contributed by atoms with Crippen LogP contribution in [-0.2, 0) is 16.0 Å². The molecule has 0 bridgehead atoms. The summed E-state index contributed by atoms with van der Waals surface area (Å²) in [5.74, 6) is 1.69. The second-order valence-electron chi connectivity index (χ2n) is 9.50. The Kier molecular flexibility index (Phi) is 6.30. The van der Waals surface area contributed by atoms with Gasteiger partial charge in [0.2, 0.25) is 12.5 Å². The molecule has 202 valence electrons. The van der Waals surface area contributed by atoms with E-state index < -0.39 is 12.0 Å². The fourth-order valence-corrected chi connectivity index (χ4v) is 5.60. The number of esters is 1. The normalized spacial score (nSPS) is 20.4. The molecule has 10 nitrogen and oxygen atoms in total. The maximum atomic E-state index is 12.9. The minimum absolute atomic E-state index is 0.0126. The smallest absolute Gasteiger partial charge is 0.417 e. The van der Waals surface area contributed by atoms with Gasteiger partial charge in [-0.1, -0.05) is 0 Å². The Labute approximate surface area is 224 Å². The minimum atomic E-state index is -0.723. The van der Waals surface area contributed by atoms with Gasteiger partial charge >= 0.3 is 12.1 Å². The first-order valence-electron chi connectivity index (χ1n) is 12.5. The molecule has 2 heterocycles. The van der Waals surface area contributed by atoms with Crippen LogP contribution >= 0.6 is 0 Å². The highest BCUT2D eigenvalue weighted by atomic mass is 16.7. The first-order valence-corrected chi connectivity index (χ1v) is 12.5. The van der Waals surface area contributed by atoms with E-state index in [-0.39, 0.29) is 41.8 Å². The zero-order valence-electron chi connectivity index (χ0n) is 21.6. The molecular weight excluding hydrogens is 506 g/mol. The highest BCUT2D eigenvalue weighted by molar-refractivity contribution is 5.87. The van der Waals surface area contributed by atoms with E-state index in [0.717, 1.165) is 16.7 Å². The van der Waals surface area contributed by atoms with Gasteiger partial charge in [-0.15, -0.1) is 0 Å². The van der Waals surface area contributed by atoms with Crippen LogP contribution < -0.4 is 33.7 Å². The summed E-state index contributed by atoms with van der Waals surface area (Å²) >= 11 is 0. The molecule has 1 N–H and O–H groups in total. The number of carbonyl (C=O) groups excluding carboxylic acids is 2. The zero-order valence-corrected chi connectivity index (χ0v) is 21.6. The summed E-state index contributed by atoms with van der Waals surface area (Å²) in [6.07, 6.45) is -0.0282. The van der Waals surface area contributed by atoms with Crippen molar-refractivity contribution < 1.29 is 42.7 Å². The number of cyclic esters (lactones) is 1. The van der Waals surface area contributed by atoms with Gasteiger partial charge in [0.05, 0.1) is 33.9 Å². The lowest BCUT2D eigenvalue weighted by atomic mass is 9.67. The van der Waals surface area contributed by atoms with Crippen molar-refractivity contribution >= 4 is 17.7 Å². The Hall–Kier alpha value is -4.60. The SMILES string of the molecule is COc1ccc(NC(=O)Oc2c(OC)cc([C@@H]3c4cc5c(cc4C[C@H]4COC(=O)[C@@H]43)OCO5)cc2OC)cc1. The molecule has 3 aromatic rings. The molecule has 1 saturated heterocycles. The van der Waals surface area contributed by atoms with Gasteiger partial charge in [-0.3, -0.25) is 10.1 Å². The Morgan fingerprint density at radius 2 is 1.59 bits per heavy atom. The van der Waals surface area contributed by atoms with E-state index in [1.165, 1.54) is 14.2 Å². The number of hydrogen-bond acceptors (Lipinski definition) is 9. The summed E-state index contributed by atoms with van der Waals surface area (Å²) < 4.78 is 38.8. The Bertz CT molecular complexity index is 1410. The highest BCUT2D eigenvalue weighted by Gasteiger charge is 2.48. The molecule has 0 saturated carbocycles. The van der Waals surface area contributed by atoms with E-state index in [4.69, 9.17) is 33.2 Å². The van der Waals surface area contributed by atoms with Crippen LogP contribution in [0, 0.1) is 11.8 Å². The Morgan fingerprint density at radius 1 is 0.897 bits per heavy atom. The summed E-state index contributed by atoms with van der Waals surface area (Å²) in [4.78, 5) is 25.7. The van der Waals surface area contributed by atoms with Gasteiger partial charge < -0.3 is 33.2 Å². The number of fused-ring (bicyclic) bond motifs is 3. The third-order valence-electron chi connectivity index (χ3n) is 7.40. The van der Waals surface area contributed by atoms with Crippen LogP contribution in [-0.4, -0.2) is 46.8 Å². The fourth-order valence-electron chi connectivity index (χ4n) is 5.60. The van der Waals surface area contributed by atoms with Gasteiger partial charge in [0.1, 0.15) is 5.75 Å². The number of rotatable bonds is 6. The molecule has 2 aliphatic heterocycles. The molecule has 1 aliphatic carbocycles. The summed E-state index contributed by atoms with van der Waals surface area (Å²) in [6, 6.07) is 14.3. The number of anilines is 1. The molecule has 0 spiro atoms. The van der Waals surface area contributed by atoms with Gasteiger partial charge in [-0.2, -0.15) is 0 Å². The number of ether oxygens (including phenoxy) is 7. The molecule has 3 aliphatic rings. The summed E-state index contributed by atoms with van der Waals surface area (Å²) in [6.45, 7) is 0.513. The Balaban J connectivity index is 1.36. The molecule has 0 unspecified atom stereocenters. The van der Waals surface area contributed by atoms with Gasteiger partial charge in [0.15, 0.2) is 23.0 Å². The third kappa shape index (κ3) is 4.41. The number of benzene rings is 3. The molecule has 1 fully saturated rings. The number of hydrogen-bond donors (Lipinski definition) is 1. The lowest BCUT2D eigenvalue weighted by Gasteiger charge is -2.34. The number of methoxy groups -OCH3 is 3.